The third-order valence-corrected chi connectivity index (χ3v) is 2.83. The van der Waals surface area contributed by atoms with Crippen molar-refractivity contribution in [1.29, 1.82) is 0 Å². The van der Waals surface area contributed by atoms with Gasteiger partial charge in [-0.15, -0.1) is 0 Å². The Morgan fingerprint density at radius 1 is 1.45 bits per heavy atom. The summed E-state index contributed by atoms with van der Waals surface area (Å²) in [6.07, 6.45) is 2.20. The molecule has 0 aromatic rings. The second-order valence-electron chi connectivity index (χ2n) is 3.97. The fraction of sp³-hybridized carbons (Fsp3) is 0.889. The summed E-state index contributed by atoms with van der Waals surface area (Å²) >= 11 is 0. The van der Waals surface area contributed by atoms with Crippen LogP contribution in [0.2, 0.25) is 0 Å². The maximum atomic E-state index is 10.7. The van der Waals surface area contributed by atoms with Crippen molar-refractivity contribution < 1.29 is 4.79 Å². The molecule has 1 heterocycles. The van der Waals surface area contributed by atoms with Crippen LogP contribution in [0.25, 0.3) is 0 Å². The maximum absolute atomic E-state index is 10.7. The van der Waals surface area contributed by atoms with Crippen LogP contribution >= 0.6 is 0 Å². The van der Waals surface area contributed by atoms with Gasteiger partial charge >= 0.3 is 0 Å². The second kappa shape index (κ2) is 2.59. The van der Waals surface area contributed by atoms with Gasteiger partial charge < -0.3 is 4.90 Å². The number of fused-ring (bicyclic) bond motifs is 1. The molecule has 2 rings (SSSR count). The molecule has 0 amide bonds. The number of carbonyl (C=O) groups excluding carboxylic acids is 1. The van der Waals surface area contributed by atoms with Crippen molar-refractivity contribution >= 4 is 5.78 Å². The molecule has 1 aliphatic carbocycles. The van der Waals surface area contributed by atoms with Crippen LogP contribution in [0.5, 0.6) is 0 Å². The first-order valence-corrected chi connectivity index (χ1v) is 4.47. The van der Waals surface area contributed by atoms with E-state index in [0.29, 0.717) is 5.78 Å². The molecule has 1 saturated heterocycles. The zero-order valence-electron chi connectivity index (χ0n) is 7.05. The van der Waals surface area contributed by atoms with Gasteiger partial charge in [-0.25, -0.2) is 0 Å². The third kappa shape index (κ3) is 1.62. The van der Waals surface area contributed by atoms with Crippen LogP contribution in [0.4, 0.5) is 0 Å². The molecule has 2 nitrogen and oxygen atoms in total. The molecule has 0 radical (unpaired) electrons. The topological polar surface area (TPSA) is 20.3 Å². The minimum atomic E-state index is 0.325. The van der Waals surface area contributed by atoms with Crippen molar-refractivity contribution in [1.82, 2.24) is 4.90 Å². The summed E-state index contributed by atoms with van der Waals surface area (Å²) in [5.41, 5.74) is 0. The smallest absolute Gasteiger partial charge is 0.131 e. The molecule has 0 N–H and O–H groups in total. The highest BCUT2D eigenvalue weighted by Crippen LogP contribution is 2.44. The van der Waals surface area contributed by atoms with Crippen LogP contribution in [0.3, 0.4) is 0 Å². The van der Waals surface area contributed by atoms with Crippen molar-refractivity contribution in [2.24, 2.45) is 11.8 Å². The molecular formula is C9H15NO. The minimum Gasteiger partial charge on any atom is -0.302 e. The lowest BCUT2D eigenvalue weighted by Crippen LogP contribution is -2.25. The van der Waals surface area contributed by atoms with Crippen LogP contribution in [0.1, 0.15) is 19.8 Å². The first-order valence-electron chi connectivity index (χ1n) is 4.47. The normalized spacial score (nSPS) is 35.4. The Hall–Kier alpha value is -0.370. The van der Waals surface area contributed by atoms with E-state index in [9.17, 15) is 4.79 Å². The number of rotatable bonds is 3. The van der Waals surface area contributed by atoms with Gasteiger partial charge in [-0.3, -0.25) is 4.79 Å². The van der Waals surface area contributed by atoms with Crippen molar-refractivity contribution in [2.45, 2.75) is 19.8 Å². The summed E-state index contributed by atoms with van der Waals surface area (Å²) in [5, 5.41) is 0. The van der Waals surface area contributed by atoms with Crippen LogP contribution in [0.15, 0.2) is 0 Å². The lowest BCUT2D eigenvalue weighted by molar-refractivity contribution is -0.117. The van der Waals surface area contributed by atoms with Crippen LogP contribution in [0, 0.1) is 11.8 Å². The fourth-order valence-corrected chi connectivity index (χ4v) is 1.99. The molecule has 2 fully saturated rings. The SMILES string of the molecule is CC(=O)CCN1CC2CC2C1. The number of hydrogen-bond donors (Lipinski definition) is 0. The molecule has 0 bridgehead atoms. The summed E-state index contributed by atoms with van der Waals surface area (Å²) < 4.78 is 0. The van der Waals surface area contributed by atoms with E-state index < -0.39 is 0 Å². The van der Waals surface area contributed by atoms with E-state index in [1.54, 1.807) is 6.92 Å². The van der Waals surface area contributed by atoms with Gasteiger partial charge in [-0.1, -0.05) is 0 Å². The van der Waals surface area contributed by atoms with Gasteiger partial charge in [-0.05, 0) is 25.2 Å². The molecule has 62 valence electrons. The molecular weight excluding hydrogens is 138 g/mol. The van der Waals surface area contributed by atoms with Crippen molar-refractivity contribution in [2.75, 3.05) is 19.6 Å². The van der Waals surface area contributed by atoms with Gasteiger partial charge in [-0.2, -0.15) is 0 Å². The molecule has 2 atom stereocenters. The van der Waals surface area contributed by atoms with Crippen LogP contribution in [-0.4, -0.2) is 30.3 Å². The average Bonchev–Trinajstić information content (AvgIpc) is 2.56. The highest BCUT2D eigenvalue weighted by Gasteiger charge is 2.44. The van der Waals surface area contributed by atoms with Gasteiger partial charge in [0.05, 0.1) is 0 Å². The van der Waals surface area contributed by atoms with E-state index in [-0.39, 0.29) is 0 Å². The second-order valence-corrected chi connectivity index (χ2v) is 3.97. The van der Waals surface area contributed by atoms with Gasteiger partial charge in [0.2, 0.25) is 0 Å². The van der Waals surface area contributed by atoms with E-state index in [1.807, 2.05) is 0 Å². The van der Waals surface area contributed by atoms with E-state index in [2.05, 4.69) is 4.90 Å². The lowest BCUT2D eigenvalue weighted by Gasteiger charge is -2.15. The zero-order chi connectivity index (χ0) is 7.84. The number of carbonyl (C=O) groups is 1. The molecule has 2 aliphatic rings. The van der Waals surface area contributed by atoms with Gasteiger partial charge in [0.1, 0.15) is 5.78 Å². The zero-order valence-corrected chi connectivity index (χ0v) is 7.05. The number of Topliss-reactive ketones (excluding diaryl/α,β-unsaturated/α-hetero) is 1. The lowest BCUT2D eigenvalue weighted by atomic mass is 10.3. The third-order valence-electron chi connectivity index (χ3n) is 2.83. The fourth-order valence-electron chi connectivity index (χ4n) is 1.99. The number of likely N-dealkylation sites (tertiary alicyclic amines) is 1. The Morgan fingerprint density at radius 2 is 2.09 bits per heavy atom. The standard InChI is InChI=1S/C9H15NO/c1-7(11)2-3-10-5-8-4-9(8)6-10/h8-9H,2-6H2,1H3. The van der Waals surface area contributed by atoms with Crippen molar-refractivity contribution in [3.8, 4) is 0 Å². The first-order chi connectivity index (χ1) is 5.25. The number of nitrogens with zero attached hydrogens (tertiary/aromatic N) is 1. The largest absolute Gasteiger partial charge is 0.302 e. The molecule has 2 heteroatoms. The summed E-state index contributed by atoms with van der Waals surface area (Å²) in [6, 6.07) is 0. The summed E-state index contributed by atoms with van der Waals surface area (Å²) in [4.78, 5) is 13.1. The summed E-state index contributed by atoms with van der Waals surface area (Å²) in [7, 11) is 0. The average molecular weight is 153 g/mol. The Balaban J connectivity index is 1.68. The Labute approximate surface area is 67.6 Å². The highest BCUT2D eigenvalue weighted by molar-refractivity contribution is 5.75. The minimum absolute atomic E-state index is 0.325. The Kier molecular flexibility index (Phi) is 1.72. The predicted octanol–water partition coefficient (Wildman–Crippen LogP) is 0.917. The van der Waals surface area contributed by atoms with Gasteiger partial charge in [0.15, 0.2) is 0 Å². The monoisotopic (exact) mass is 153 g/mol. The van der Waals surface area contributed by atoms with Crippen molar-refractivity contribution in [3.05, 3.63) is 0 Å². The summed E-state index contributed by atoms with van der Waals surface area (Å²) in [6.45, 7) is 5.20. The summed E-state index contributed by atoms with van der Waals surface area (Å²) in [5.74, 6) is 2.33. The number of ketones is 1. The molecule has 1 saturated carbocycles. The Bertz CT molecular complexity index is 168. The van der Waals surface area contributed by atoms with Gasteiger partial charge in [0, 0.05) is 26.1 Å². The van der Waals surface area contributed by atoms with Crippen LogP contribution < -0.4 is 0 Å². The quantitative estimate of drug-likeness (QED) is 0.601. The van der Waals surface area contributed by atoms with E-state index in [0.717, 1.165) is 24.8 Å². The molecule has 0 aromatic heterocycles. The number of hydrogen-bond acceptors (Lipinski definition) is 2. The predicted molar refractivity (Wildman–Crippen MR) is 43.3 cm³/mol. The van der Waals surface area contributed by atoms with Gasteiger partial charge in [0.25, 0.3) is 0 Å². The molecule has 1 aliphatic heterocycles. The van der Waals surface area contributed by atoms with E-state index >= 15 is 0 Å². The number of piperidine rings is 1. The Morgan fingerprint density at radius 3 is 2.64 bits per heavy atom. The molecule has 11 heavy (non-hydrogen) atoms. The highest BCUT2D eigenvalue weighted by atomic mass is 16.1. The molecule has 2 unspecified atom stereocenters. The van der Waals surface area contributed by atoms with Crippen LogP contribution in [-0.2, 0) is 4.79 Å². The van der Waals surface area contributed by atoms with E-state index in [4.69, 9.17) is 0 Å². The molecule has 0 aromatic carbocycles. The van der Waals surface area contributed by atoms with Crippen molar-refractivity contribution in [3.63, 3.8) is 0 Å². The maximum Gasteiger partial charge on any atom is 0.131 e. The van der Waals surface area contributed by atoms with E-state index in [1.165, 1.54) is 19.5 Å². The first kappa shape index (κ1) is 7.29. The molecule has 0 spiro atoms.